The summed E-state index contributed by atoms with van der Waals surface area (Å²) in [5, 5.41) is 12.1. The minimum absolute atomic E-state index is 0.0276. The lowest BCUT2D eigenvalue weighted by atomic mass is 10.1. The summed E-state index contributed by atoms with van der Waals surface area (Å²) >= 11 is 1.20. The molecule has 0 saturated carbocycles. The van der Waals surface area contributed by atoms with Crippen molar-refractivity contribution in [2.24, 2.45) is 0 Å². The third-order valence-electron chi connectivity index (χ3n) is 2.50. The fraction of sp³-hybridized carbons (Fsp3) is 0.100. The van der Waals surface area contributed by atoms with E-state index < -0.39 is 11.7 Å². The first-order chi connectivity index (χ1) is 8.95. The van der Waals surface area contributed by atoms with Crippen LogP contribution in [-0.2, 0) is 6.18 Å². The summed E-state index contributed by atoms with van der Waals surface area (Å²) in [6.07, 6.45) is -3.00. The van der Waals surface area contributed by atoms with Gasteiger partial charge in [0.2, 0.25) is 4.96 Å². The van der Waals surface area contributed by atoms with Crippen LogP contribution in [-0.4, -0.2) is 19.8 Å². The zero-order chi connectivity index (χ0) is 13.6. The summed E-state index contributed by atoms with van der Waals surface area (Å²) in [7, 11) is 0. The summed E-state index contributed by atoms with van der Waals surface area (Å²) in [6, 6.07) is 3.19. The Balaban J connectivity index is 2.08. The summed E-state index contributed by atoms with van der Waals surface area (Å²) in [4.78, 5) is 0.550. The largest absolute Gasteiger partial charge is 0.416 e. The van der Waals surface area contributed by atoms with Gasteiger partial charge in [0.15, 0.2) is 0 Å². The van der Waals surface area contributed by atoms with Gasteiger partial charge in [0, 0.05) is 11.3 Å². The number of anilines is 1. The van der Waals surface area contributed by atoms with Gasteiger partial charge in [-0.05, 0) is 18.2 Å². The summed E-state index contributed by atoms with van der Waals surface area (Å²) < 4.78 is 39.0. The van der Waals surface area contributed by atoms with E-state index in [1.807, 2.05) is 0 Å². The van der Waals surface area contributed by atoms with Crippen LogP contribution in [0.5, 0.6) is 0 Å². The molecule has 0 spiro atoms. The van der Waals surface area contributed by atoms with Gasteiger partial charge in [-0.15, -0.1) is 10.2 Å². The van der Waals surface area contributed by atoms with Crippen LogP contribution >= 0.6 is 11.3 Å². The van der Waals surface area contributed by atoms with Crippen molar-refractivity contribution in [3.8, 4) is 10.6 Å². The molecule has 0 aliphatic carbocycles. The third kappa shape index (κ3) is 2.01. The summed E-state index contributed by atoms with van der Waals surface area (Å²) in [5.74, 6) is 0. The normalized spacial score (nSPS) is 12.2. The Hall–Kier alpha value is -2.16. The van der Waals surface area contributed by atoms with Crippen LogP contribution in [0.4, 0.5) is 18.9 Å². The Morgan fingerprint density at radius 2 is 2.05 bits per heavy atom. The topological polar surface area (TPSA) is 69.1 Å². The maximum atomic E-state index is 12.5. The first-order valence-corrected chi connectivity index (χ1v) is 5.91. The zero-order valence-corrected chi connectivity index (χ0v) is 10.0. The van der Waals surface area contributed by atoms with Gasteiger partial charge >= 0.3 is 6.18 Å². The van der Waals surface area contributed by atoms with E-state index in [2.05, 4.69) is 15.3 Å². The lowest BCUT2D eigenvalue weighted by molar-refractivity contribution is -0.137. The predicted molar refractivity (Wildman–Crippen MR) is 63.5 cm³/mol. The van der Waals surface area contributed by atoms with Gasteiger partial charge in [-0.1, -0.05) is 11.3 Å². The smallest absolute Gasteiger partial charge is 0.398 e. The zero-order valence-electron chi connectivity index (χ0n) is 9.22. The van der Waals surface area contributed by atoms with Crippen LogP contribution in [0, 0.1) is 0 Å². The summed E-state index contributed by atoms with van der Waals surface area (Å²) in [5.41, 5.74) is 5.36. The van der Waals surface area contributed by atoms with Crippen molar-refractivity contribution < 1.29 is 13.2 Å². The van der Waals surface area contributed by atoms with E-state index >= 15 is 0 Å². The number of rotatable bonds is 1. The molecule has 0 fully saturated rings. The Morgan fingerprint density at radius 1 is 1.26 bits per heavy atom. The molecule has 0 amide bonds. The van der Waals surface area contributed by atoms with Crippen LogP contribution in [0.1, 0.15) is 5.56 Å². The molecule has 98 valence electrons. The van der Waals surface area contributed by atoms with E-state index in [9.17, 15) is 13.2 Å². The standard InChI is InChI=1S/C10H6F3N5S/c11-10(12,13)5-1-2-6(7(14)3-5)8-17-18-4-15-16-9(18)19-8/h1-4H,14H2. The number of benzene rings is 1. The Morgan fingerprint density at radius 3 is 2.68 bits per heavy atom. The quantitative estimate of drug-likeness (QED) is 0.697. The molecule has 3 rings (SSSR count). The monoisotopic (exact) mass is 285 g/mol. The van der Waals surface area contributed by atoms with Gasteiger partial charge in [-0.3, -0.25) is 0 Å². The number of aromatic nitrogens is 4. The molecule has 9 heteroatoms. The molecule has 0 aliphatic rings. The van der Waals surface area contributed by atoms with E-state index in [1.165, 1.54) is 28.2 Å². The highest BCUT2D eigenvalue weighted by atomic mass is 32.1. The van der Waals surface area contributed by atoms with Crippen molar-refractivity contribution in [3.05, 3.63) is 30.1 Å². The molecular weight excluding hydrogens is 279 g/mol. The third-order valence-corrected chi connectivity index (χ3v) is 3.44. The molecule has 2 aromatic heterocycles. The van der Waals surface area contributed by atoms with Gasteiger partial charge in [0.25, 0.3) is 0 Å². The first kappa shape index (κ1) is 11.9. The second-order valence-electron chi connectivity index (χ2n) is 3.77. The highest BCUT2D eigenvalue weighted by Crippen LogP contribution is 2.35. The molecular formula is C10H6F3N5S. The average Bonchev–Trinajstić information content (AvgIpc) is 2.87. The second-order valence-corrected chi connectivity index (χ2v) is 4.72. The van der Waals surface area contributed by atoms with Crippen molar-refractivity contribution in [3.63, 3.8) is 0 Å². The van der Waals surface area contributed by atoms with E-state index in [0.29, 0.717) is 15.5 Å². The molecule has 0 unspecified atom stereocenters. The lowest BCUT2D eigenvalue weighted by Gasteiger charge is -2.09. The average molecular weight is 285 g/mol. The molecule has 19 heavy (non-hydrogen) atoms. The molecule has 1 aromatic carbocycles. The van der Waals surface area contributed by atoms with E-state index in [4.69, 9.17) is 5.73 Å². The fourth-order valence-corrected chi connectivity index (χ4v) is 2.47. The number of nitrogens with zero attached hydrogens (tertiary/aromatic N) is 4. The van der Waals surface area contributed by atoms with Crippen molar-refractivity contribution in [1.82, 2.24) is 19.8 Å². The van der Waals surface area contributed by atoms with Gasteiger partial charge in [-0.2, -0.15) is 22.8 Å². The number of hydrogen-bond acceptors (Lipinski definition) is 5. The number of nitrogen functional groups attached to an aromatic ring is 1. The maximum absolute atomic E-state index is 12.5. The van der Waals surface area contributed by atoms with Crippen LogP contribution in [0.15, 0.2) is 24.5 Å². The minimum atomic E-state index is -4.41. The number of nitrogens with two attached hydrogens (primary N) is 1. The minimum Gasteiger partial charge on any atom is -0.398 e. The number of halogens is 3. The van der Waals surface area contributed by atoms with Crippen molar-refractivity contribution in [2.45, 2.75) is 6.18 Å². The molecule has 2 heterocycles. The molecule has 2 N–H and O–H groups in total. The first-order valence-electron chi connectivity index (χ1n) is 5.09. The molecule has 3 aromatic rings. The highest BCUT2D eigenvalue weighted by Gasteiger charge is 2.31. The molecule has 0 atom stereocenters. The van der Waals surface area contributed by atoms with Crippen LogP contribution in [0.3, 0.4) is 0 Å². The lowest BCUT2D eigenvalue weighted by Crippen LogP contribution is -2.06. The van der Waals surface area contributed by atoms with Crippen molar-refractivity contribution in [2.75, 3.05) is 5.73 Å². The van der Waals surface area contributed by atoms with Crippen molar-refractivity contribution >= 4 is 22.0 Å². The molecule has 0 bridgehead atoms. The Kier molecular flexibility index (Phi) is 2.45. The summed E-state index contributed by atoms with van der Waals surface area (Å²) in [6.45, 7) is 0. The molecule has 0 aliphatic heterocycles. The Labute approximate surface area is 108 Å². The van der Waals surface area contributed by atoms with Crippen LogP contribution in [0.25, 0.3) is 15.5 Å². The van der Waals surface area contributed by atoms with Gasteiger partial charge in [0.1, 0.15) is 11.3 Å². The van der Waals surface area contributed by atoms with Crippen LogP contribution in [0.2, 0.25) is 0 Å². The number of fused-ring (bicyclic) bond motifs is 1. The Bertz CT molecular complexity index is 717. The molecule has 0 saturated heterocycles. The van der Waals surface area contributed by atoms with E-state index in [-0.39, 0.29) is 5.69 Å². The van der Waals surface area contributed by atoms with Gasteiger partial charge < -0.3 is 5.73 Å². The number of hydrogen-bond donors (Lipinski definition) is 1. The SMILES string of the molecule is Nc1cc(C(F)(F)F)ccc1-c1nn2cnnc2s1. The number of alkyl halides is 3. The molecule has 0 radical (unpaired) electrons. The van der Waals surface area contributed by atoms with E-state index in [0.717, 1.165) is 12.1 Å². The van der Waals surface area contributed by atoms with E-state index in [1.54, 1.807) is 0 Å². The van der Waals surface area contributed by atoms with Crippen molar-refractivity contribution in [1.29, 1.82) is 0 Å². The fourth-order valence-electron chi connectivity index (χ4n) is 1.60. The van der Waals surface area contributed by atoms with Gasteiger partial charge in [-0.25, -0.2) is 0 Å². The second kappa shape index (κ2) is 3.92. The maximum Gasteiger partial charge on any atom is 0.416 e. The van der Waals surface area contributed by atoms with Crippen LogP contribution < -0.4 is 5.73 Å². The van der Waals surface area contributed by atoms with Gasteiger partial charge in [0.05, 0.1) is 5.56 Å². The highest BCUT2D eigenvalue weighted by molar-refractivity contribution is 7.19. The predicted octanol–water partition coefficient (Wildman–Crippen LogP) is 2.45. The molecule has 5 nitrogen and oxygen atoms in total.